The van der Waals surface area contributed by atoms with E-state index in [1.807, 2.05) is 12.1 Å². The second-order valence-corrected chi connectivity index (χ2v) is 2.66. The highest BCUT2D eigenvalue weighted by Gasteiger charge is 2.04. The lowest BCUT2D eigenvalue weighted by atomic mass is 10.1. The van der Waals surface area contributed by atoms with Gasteiger partial charge in [0.05, 0.1) is 5.57 Å². The molecule has 0 aliphatic heterocycles. The number of hydrogen-bond acceptors (Lipinski definition) is 2. The number of allylic oxidation sites excluding steroid dienone is 2. The fraction of sp³-hybridized carbons (Fsp3) is 0. The smallest absolute Gasteiger partial charge is 0.136 e. The first-order valence-electron chi connectivity index (χ1n) is 3.55. The van der Waals surface area contributed by atoms with E-state index in [0.717, 1.165) is 0 Å². The zero-order chi connectivity index (χ0) is 9.68. The molecule has 0 saturated carbocycles. The van der Waals surface area contributed by atoms with Crippen molar-refractivity contribution in [1.82, 2.24) is 0 Å². The molecule has 13 heavy (non-hydrogen) atoms. The fourth-order valence-corrected chi connectivity index (χ4v) is 1.05. The van der Waals surface area contributed by atoms with Gasteiger partial charge in [-0.25, -0.2) is 0 Å². The molecule has 0 heterocycles. The Labute approximate surface area is 81.3 Å². The van der Waals surface area contributed by atoms with Crippen LogP contribution in [0, 0.1) is 22.7 Å². The van der Waals surface area contributed by atoms with Gasteiger partial charge < -0.3 is 0 Å². The van der Waals surface area contributed by atoms with Crippen LogP contribution < -0.4 is 0 Å². The largest absolute Gasteiger partial charge is 0.192 e. The van der Waals surface area contributed by atoms with Crippen LogP contribution in [0.4, 0.5) is 0 Å². The van der Waals surface area contributed by atoms with Gasteiger partial charge in [0.25, 0.3) is 0 Å². The highest BCUT2D eigenvalue weighted by Crippen LogP contribution is 2.19. The maximum atomic E-state index is 8.74. The molecule has 62 valence electrons. The normalized spacial score (nSPS) is 11.0. The number of rotatable bonds is 1. The molecular weight excluding hydrogens is 184 g/mol. The summed E-state index contributed by atoms with van der Waals surface area (Å²) >= 11 is 5.56. The number of benzene rings is 1. The Morgan fingerprint density at radius 3 is 2.15 bits per heavy atom. The lowest BCUT2D eigenvalue weighted by Crippen LogP contribution is -1.82. The van der Waals surface area contributed by atoms with Crippen molar-refractivity contribution >= 4 is 17.2 Å². The van der Waals surface area contributed by atoms with Gasteiger partial charge in [0.1, 0.15) is 17.2 Å². The zero-order valence-electron chi connectivity index (χ0n) is 6.66. The number of hydrogen-bond donors (Lipinski definition) is 0. The molecule has 0 spiro atoms. The van der Waals surface area contributed by atoms with Crippen molar-refractivity contribution in [2.45, 2.75) is 0 Å². The van der Waals surface area contributed by atoms with Gasteiger partial charge in [0, 0.05) is 0 Å². The maximum absolute atomic E-state index is 8.74. The number of nitrogens with zero attached hydrogens (tertiary/aromatic N) is 2. The van der Waals surface area contributed by atoms with Crippen molar-refractivity contribution in [1.29, 1.82) is 10.5 Å². The quantitative estimate of drug-likeness (QED) is 0.637. The molecule has 0 bridgehead atoms. The Morgan fingerprint density at radius 1 is 1.08 bits per heavy atom. The first-order chi connectivity index (χ1) is 6.29. The zero-order valence-corrected chi connectivity index (χ0v) is 7.42. The summed E-state index contributed by atoms with van der Waals surface area (Å²) in [7, 11) is 0. The van der Waals surface area contributed by atoms with Crippen LogP contribution in [0.2, 0.25) is 0 Å². The van der Waals surface area contributed by atoms with Gasteiger partial charge in [-0.05, 0) is 5.56 Å². The molecule has 0 aliphatic carbocycles. The van der Waals surface area contributed by atoms with Crippen LogP contribution in [0.3, 0.4) is 0 Å². The summed E-state index contributed by atoms with van der Waals surface area (Å²) in [6, 6.07) is 12.5. The predicted octanol–water partition coefficient (Wildman–Crippen LogP) is 2.68. The van der Waals surface area contributed by atoms with Crippen LogP contribution in [-0.2, 0) is 0 Å². The van der Waals surface area contributed by atoms with Crippen molar-refractivity contribution in [2.24, 2.45) is 0 Å². The SMILES string of the molecule is N#CC(Cl)=C(C#N)c1ccccc1. The molecule has 0 atom stereocenters. The van der Waals surface area contributed by atoms with E-state index in [1.165, 1.54) is 0 Å². The Balaban J connectivity index is 3.25. The third-order valence-electron chi connectivity index (χ3n) is 1.49. The van der Waals surface area contributed by atoms with E-state index < -0.39 is 0 Å². The van der Waals surface area contributed by atoms with Crippen molar-refractivity contribution in [3.63, 3.8) is 0 Å². The van der Waals surface area contributed by atoms with E-state index in [2.05, 4.69) is 0 Å². The Morgan fingerprint density at radius 2 is 1.69 bits per heavy atom. The maximum Gasteiger partial charge on any atom is 0.136 e. The summed E-state index contributed by atoms with van der Waals surface area (Å²) in [5.41, 5.74) is 0.876. The molecule has 0 aliphatic rings. The molecule has 1 aromatic rings. The minimum absolute atomic E-state index is 0.0753. The number of nitriles is 2. The molecule has 1 rings (SSSR count). The van der Waals surface area contributed by atoms with Gasteiger partial charge in [-0.1, -0.05) is 41.9 Å². The van der Waals surface area contributed by atoms with Crippen LogP contribution in [-0.4, -0.2) is 0 Å². The molecule has 0 fully saturated rings. The van der Waals surface area contributed by atoms with Crippen LogP contribution in [0.5, 0.6) is 0 Å². The van der Waals surface area contributed by atoms with Crippen LogP contribution in [0.25, 0.3) is 5.57 Å². The molecule has 2 nitrogen and oxygen atoms in total. The summed E-state index contributed by atoms with van der Waals surface area (Å²) in [6.45, 7) is 0. The lowest BCUT2D eigenvalue weighted by molar-refractivity contribution is 1.50. The monoisotopic (exact) mass is 188 g/mol. The van der Waals surface area contributed by atoms with E-state index in [4.69, 9.17) is 22.1 Å². The number of halogens is 1. The minimum Gasteiger partial charge on any atom is -0.192 e. The average Bonchev–Trinajstić information content (AvgIpc) is 2.20. The van der Waals surface area contributed by atoms with E-state index in [1.54, 1.807) is 30.3 Å². The molecule has 0 saturated heterocycles. The summed E-state index contributed by atoms with van der Waals surface area (Å²) < 4.78 is 0. The summed E-state index contributed by atoms with van der Waals surface area (Å²) in [5, 5.41) is 17.2. The highest BCUT2D eigenvalue weighted by atomic mass is 35.5. The van der Waals surface area contributed by atoms with E-state index >= 15 is 0 Å². The van der Waals surface area contributed by atoms with Gasteiger partial charge in [-0.3, -0.25) is 0 Å². The van der Waals surface area contributed by atoms with Crippen molar-refractivity contribution in [3.8, 4) is 12.1 Å². The molecule has 0 amide bonds. The van der Waals surface area contributed by atoms with Crippen molar-refractivity contribution in [3.05, 3.63) is 40.9 Å². The lowest BCUT2D eigenvalue weighted by Gasteiger charge is -1.96. The second kappa shape index (κ2) is 4.30. The van der Waals surface area contributed by atoms with Gasteiger partial charge in [-0.15, -0.1) is 0 Å². The topological polar surface area (TPSA) is 47.6 Å². The van der Waals surface area contributed by atoms with E-state index in [0.29, 0.717) is 5.56 Å². The first-order valence-corrected chi connectivity index (χ1v) is 3.92. The molecular formula is C10H5ClN2. The predicted molar refractivity (Wildman–Crippen MR) is 50.4 cm³/mol. The summed E-state index contributed by atoms with van der Waals surface area (Å²) in [5.74, 6) is 0. The van der Waals surface area contributed by atoms with Crippen LogP contribution in [0.1, 0.15) is 5.56 Å². The highest BCUT2D eigenvalue weighted by molar-refractivity contribution is 6.35. The molecule has 0 radical (unpaired) electrons. The third kappa shape index (κ3) is 2.08. The fourth-order valence-electron chi connectivity index (χ4n) is 0.901. The van der Waals surface area contributed by atoms with Crippen LogP contribution >= 0.6 is 11.6 Å². The van der Waals surface area contributed by atoms with Crippen molar-refractivity contribution < 1.29 is 0 Å². The van der Waals surface area contributed by atoms with Crippen LogP contribution in [0.15, 0.2) is 35.4 Å². The Bertz CT molecular complexity index is 407. The van der Waals surface area contributed by atoms with Gasteiger partial charge in [0.15, 0.2) is 0 Å². The second-order valence-electron chi connectivity index (χ2n) is 2.28. The molecule has 0 N–H and O–H groups in total. The minimum atomic E-state index is -0.0753. The average molecular weight is 189 g/mol. The summed E-state index contributed by atoms with van der Waals surface area (Å²) in [6.07, 6.45) is 0. The standard InChI is InChI=1S/C10H5ClN2/c11-10(7-13)9(6-12)8-4-2-1-3-5-8/h1-5H. The third-order valence-corrected chi connectivity index (χ3v) is 1.77. The molecule has 3 heteroatoms. The molecule has 0 unspecified atom stereocenters. The first kappa shape index (κ1) is 9.32. The van der Waals surface area contributed by atoms with Gasteiger partial charge in [-0.2, -0.15) is 10.5 Å². The van der Waals surface area contributed by atoms with E-state index in [-0.39, 0.29) is 10.6 Å². The van der Waals surface area contributed by atoms with E-state index in [9.17, 15) is 0 Å². The Kier molecular flexibility index (Phi) is 3.09. The van der Waals surface area contributed by atoms with Gasteiger partial charge >= 0.3 is 0 Å². The van der Waals surface area contributed by atoms with Gasteiger partial charge in [0.2, 0.25) is 0 Å². The van der Waals surface area contributed by atoms with Crippen molar-refractivity contribution in [2.75, 3.05) is 0 Å². The molecule has 1 aromatic carbocycles. The molecule has 0 aromatic heterocycles. The Hall–Kier alpha value is -1.77. The summed E-state index contributed by atoms with van der Waals surface area (Å²) in [4.78, 5) is 0.